The molecule has 8 heteroatoms. The first-order valence-electron chi connectivity index (χ1n) is 10.2. The number of imidazole rings is 1. The molecule has 1 atom stereocenters. The Labute approximate surface area is 177 Å². The van der Waals surface area contributed by atoms with Gasteiger partial charge in [0.25, 0.3) is 5.91 Å². The number of rotatable bonds is 8. The highest BCUT2D eigenvalue weighted by molar-refractivity contribution is 6.34. The SMILES string of the molecule is CCc1cccc(N2CCN(CC(O)CCNC(=O)c3nc(C)c[nH]3)CC2)c1Cl. The van der Waals surface area contributed by atoms with Gasteiger partial charge >= 0.3 is 0 Å². The van der Waals surface area contributed by atoms with Crippen LogP contribution >= 0.6 is 11.6 Å². The van der Waals surface area contributed by atoms with Crippen molar-refractivity contribution in [3.63, 3.8) is 0 Å². The number of carbonyl (C=O) groups is 1. The van der Waals surface area contributed by atoms with Gasteiger partial charge in [-0.05, 0) is 31.4 Å². The minimum atomic E-state index is -0.479. The molecule has 2 heterocycles. The average molecular weight is 420 g/mol. The number of piperazine rings is 1. The molecule has 0 spiro atoms. The van der Waals surface area contributed by atoms with Crippen molar-refractivity contribution in [2.45, 2.75) is 32.8 Å². The molecule has 1 amide bonds. The van der Waals surface area contributed by atoms with E-state index >= 15 is 0 Å². The van der Waals surface area contributed by atoms with Crippen LogP contribution < -0.4 is 10.2 Å². The molecule has 7 nitrogen and oxygen atoms in total. The van der Waals surface area contributed by atoms with Gasteiger partial charge < -0.3 is 20.3 Å². The van der Waals surface area contributed by atoms with E-state index in [1.54, 1.807) is 6.20 Å². The standard InChI is InChI=1S/C21H30ClN5O2/c1-3-16-5-4-6-18(19(16)22)27-11-9-26(10-12-27)14-17(28)7-8-23-21(29)20-24-13-15(2)25-20/h4-6,13,17,28H,3,7-12,14H2,1-2H3,(H,23,29)(H,24,25). The number of aryl methyl sites for hydroxylation is 2. The van der Waals surface area contributed by atoms with Crippen LogP contribution in [0.5, 0.6) is 0 Å². The van der Waals surface area contributed by atoms with Crippen molar-refractivity contribution in [1.29, 1.82) is 0 Å². The number of aliphatic hydroxyl groups excluding tert-OH is 1. The molecular weight excluding hydrogens is 390 g/mol. The van der Waals surface area contributed by atoms with E-state index in [1.807, 2.05) is 6.92 Å². The fourth-order valence-electron chi connectivity index (χ4n) is 3.61. The summed E-state index contributed by atoms with van der Waals surface area (Å²) in [5.74, 6) is 0.0593. The summed E-state index contributed by atoms with van der Waals surface area (Å²) in [6.45, 7) is 8.48. The number of β-amino-alcohol motifs (C(OH)–C–C–N with tert-alkyl or cyclic N) is 1. The Kier molecular flexibility index (Phi) is 7.52. The van der Waals surface area contributed by atoms with Crippen molar-refractivity contribution in [2.75, 3.05) is 44.2 Å². The average Bonchev–Trinajstić information content (AvgIpc) is 3.15. The summed E-state index contributed by atoms with van der Waals surface area (Å²) >= 11 is 6.55. The van der Waals surface area contributed by atoms with E-state index in [4.69, 9.17) is 11.6 Å². The van der Waals surface area contributed by atoms with E-state index in [0.717, 1.165) is 49.0 Å². The molecule has 158 valence electrons. The van der Waals surface area contributed by atoms with Crippen LogP contribution in [0.4, 0.5) is 5.69 Å². The van der Waals surface area contributed by atoms with E-state index in [-0.39, 0.29) is 5.91 Å². The zero-order chi connectivity index (χ0) is 20.8. The Balaban J connectivity index is 1.39. The highest BCUT2D eigenvalue weighted by Crippen LogP contribution is 2.30. The third kappa shape index (κ3) is 5.72. The number of aromatic amines is 1. The minimum Gasteiger partial charge on any atom is -0.392 e. The lowest BCUT2D eigenvalue weighted by atomic mass is 10.1. The second-order valence-electron chi connectivity index (χ2n) is 7.48. The van der Waals surface area contributed by atoms with E-state index in [1.165, 1.54) is 5.56 Å². The fraction of sp³-hybridized carbons (Fsp3) is 0.524. The van der Waals surface area contributed by atoms with E-state index in [0.29, 0.717) is 25.3 Å². The van der Waals surface area contributed by atoms with Crippen LogP contribution in [-0.2, 0) is 6.42 Å². The maximum absolute atomic E-state index is 12.0. The molecule has 1 aliphatic heterocycles. The fourth-order valence-corrected chi connectivity index (χ4v) is 3.99. The number of carbonyl (C=O) groups excluding carboxylic acids is 1. The molecule has 0 aliphatic carbocycles. The number of H-pyrrole nitrogens is 1. The molecule has 0 bridgehead atoms. The van der Waals surface area contributed by atoms with Crippen LogP contribution in [0.3, 0.4) is 0 Å². The molecule has 1 saturated heterocycles. The summed E-state index contributed by atoms with van der Waals surface area (Å²) in [5, 5.41) is 14.0. The first-order chi connectivity index (χ1) is 14.0. The third-order valence-electron chi connectivity index (χ3n) is 5.31. The Hall–Kier alpha value is -2.09. The molecule has 1 aliphatic rings. The van der Waals surface area contributed by atoms with Crippen LogP contribution in [0.1, 0.15) is 35.2 Å². The Morgan fingerprint density at radius 1 is 1.34 bits per heavy atom. The second-order valence-corrected chi connectivity index (χ2v) is 7.86. The molecule has 3 N–H and O–H groups in total. The molecule has 1 aromatic carbocycles. The van der Waals surface area contributed by atoms with Crippen LogP contribution in [0.15, 0.2) is 24.4 Å². The van der Waals surface area contributed by atoms with Gasteiger partial charge in [-0.2, -0.15) is 0 Å². The number of anilines is 1. The lowest BCUT2D eigenvalue weighted by Crippen LogP contribution is -2.49. The maximum Gasteiger partial charge on any atom is 0.287 e. The number of aliphatic hydroxyl groups is 1. The molecule has 3 rings (SSSR count). The Morgan fingerprint density at radius 3 is 2.76 bits per heavy atom. The van der Waals surface area contributed by atoms with E-state index in [9.17, 15) is 9.90 Å². The summed E-state index contributed by atoms with van der Waals surface area (Å²) in [6, 6.07) is 6.22. The number of hydrogen-bond acceptors (Lipinski definition) is 5. The first kappa shape index (κ1) is 21.6. The minimum absolute atomic E-state index is 0.245. The number of benzene rings is 1. The zero-order valence-electron chi connectivity index (χ0n) is 17.1. The largest absolute Gasteiger partial charge is 0.392 e. The van der Waals surface area contributed by atoms with Crippen molar-refractivity contribution in [3.05, 3.63) is 46.5 Å². The monoisotopic (exact) mass is 419 g/mol. The zero-order valence-corrected chi connectivity index (χ0v) is 17.9. The van der Waals surface area contributed by atoms with Crippen LogP contribution in [-0.4, -0.2) is 71.3 Å². The molecule has 1 aromatic heterocycles. The molecule has 0 radical (unpaired) electrons. The van der Waals surface area contributed by atoms with E-state index in [2.05, 4.69) is 50.2 Å². The molecule has 0 saturated carbocycles. The topological polar surface area (TPSA) is 84.5 Å². The summed E-state index contributed by atoms with van der Waals surface area (Å²) in [4.78, 5) is 23.5. The van der Waals surface area contributed by atoms with Crippen molar-refractivity contribution in [3.8, 4) is 0 Å². The number of hydrogen-bond donors (Lipinski definition) is 3. The Bertz CT molecular complexity index is 817. The van der Waals surface area contributed by atoms with Crippen LogP contribution in [0.25, 0.3) is 0 Å². The predicted molar refractivity (Wildman–Crippen MR) is 116 cm³/mol. The van der Waals surface area contributed by atoms with Gasteiger partial charge in [0.1, 0.15) is 0 Å². The Morgan fingerprint density at radius 2 is 2.10 bits per heavy atom. The molecule has 2 aromatic rings. The molecule has 29 heavy (non-hydrogen) atoms. The molecule has 1 fully saturated rings. The smallest absolute Gasteiger partial charge is 0.287 e. The van der Waals surface area contributed by atoms with Gasteiger partial charge in [-0.3, -0.25) is 9.69 Å². The number of aromatic nitrogens is 2. The normalized spacial score (nSPS) is 16.1. The summed E-state index contributed by atoms with van der Waals surface area (Å²) in [5.41, 5.74) is 3.05. The van der Waals surface area contributed by atoms with Gasteiger partial charge in [0, 0.05) is 45.5 Å². The highest BCUT2D eigenvalue weighted by Gasteiger charge is 2.21. The summed E-state index contributed by atoms with van der Waals surface area (Å²) in [6.07, 6.45) is 2.65. The van der Waals surface area contributed by atoms with Gasteiger partial charge in [-0.25, -0.2) is 4.98 Å². The van der Waals surface area contributed by atoms with Crippen molar-refractivity contribution in [1.82, 2.24) is 20.2 Å². The van der Waals surface area contributed by atoms with Crippen molar-refractivity contribution in [2.24, 2.45) is 0 Å². The number of halogens is 1. The summed E-state index contributed by atoms with van der Waals surface area (Å²) in [7, 11) is 0. The highest BCUT2D eigenvalue weighted by atomic mass is 35.5. The first-order valence-corrected chi connectivity index (χ1v) is 10.6. The summed E-state index contributed by atoms with van der Waals surface area (Å²) < 4.78 is 0. The number of nitrogens with zero attached hydrogens (tertiary/aromatic N) is 3. The lowest BCUT2D eigenvalue weighted by molar-refractivity contribution is 0.0895. The van der Waals surface area contributed by atoms with Gasteiger partial charge in [0.2, 0.25) is 0 Å². The van der Waals surface area contributed by atoms with Crippen molar-refractivity contribution < 1.29 is 9.90 Å². The van der Waals surface area contributed by atoms with Crippen LogP contribution in [0.2, 0.25) is 5.02 Å². The van der Waals surface area contributed by atoms with Gasteiger partial charge in [0.05, 0.1) is 22.5 Å². The number of nitrogens with one attached hydrogen (secondary N) is 2. The predicted octanol–water partition coefficient (Wildman–Crippen LogP) is 2.24. The van der Waals surface area contributed by atoms with Gasteiger partial charge in [0.15, 0.2) is 5.82 Å². The van der Waals surface area contributed by atoms with Crippen molar-refractivity contribution >= 4 is 23.2 Å². The maximum atomic E-state index is 12.0. The number of amides is 1. The van der Waals surface area contributed by atoms with Gasteiger partial charge in [-0.15, -0.1) is 0 Å². The quantitative estimate of drug-likeness (QED) is 0.611. The van der Waals surface area contributed by atoms with Crippen LogP contribution in [0, 0.1) is 6.92 Å². The second kappa shape index (κ2) is 10.1. The third-order valence-corrected chi connectivity index (χ3v) is 5.74. The van der Waals surface area contributed by atoms with E-state index < -0.39 is 6.10 Å². The van der Waals surface area contributed by atoms with Gasteiger partial charge in [-0.1, -0.05) is 30.7 Å². The lowest BCUT2D eigenvalue weighted by Gasteiger charge is -2.37. The molecule has 1 unspecified atom stereocenters. The molecular formula is C21H30ClN5O2.